The smallest absolute Gasteiger partial charge is 0.00965 e. The third-order valence-electron chi connectivity index (χ3n) is 3.54. The van der Waals surface area contributed by atoms with E-state index in [0.717, 1.165) is 11.8 Å². The van der Waals surface area contributed by atoms with Crippen LogP contribution in [0.25, 0.3) is 0 Å². The van der Waals surface area contributed by atoms with Crippen LogP contribution in [0.15, 0.2) is 0 Å². The van der Waals surface area contributed by atoms with E-state index in [9.17, 15) is 0 Å². The number of rotatable bonds is 5. The Morgan fingerprint density at radius 2 is 1.76 bits per heavy atom. The normalized spacial score (nSPS) is 20.1. The number of nitrogens with zero attached hydrogens (tertiary/aromatic N) is 1. The maximum Gasteiger partial charge on any atom is 0.00965 e. The molecule has 0 unspecified atom stereocenters. The summed E-state index contributed by atoms with van der Waals surface area (Å²) in [5.41, 5.74) is 0.276. The van der Waals surface area contributed by atoms with E-state index in [2.05, 4.69) is 44.8 Å². The van der Waals surface area contributed by atoms with Crippen LogP contribution in [0.4, 0.5) is 0 Å². The zero-order chi connectivity index (χ0) is 12.9. The summed E-state index contributed by atoms with van der Waals surface area (Å²) in [6, 6.07) is 0. The number of piperidine rings is 1. The Bertz CT molecular complexity index is 197. The van der Waals surface area contributed by atoms with Crippen molar-refractivity contribution >= 4 is 0 Å². The molecule has 0 aromatic rings. The Kier molecular flexibility index (Phi) is 5.94. The Hall–Kier alpha value is -0.0800. The Labute approximate surface area is 108 Å². The number of hydrogen-bond acceptors (Lipinski definition) is 2. The summed E-state index contributed by atoms with van der Waals surface area (Å²) in [5, 5.41) is 3.60. The van der Waals surface area contributed by atoms with Crippen LogP contribution in [0.5, 0.6) is 0 Å². The molecule has 0 saturated carbocycles. The lowest BCUT2D eigenvalue weighted by atomic mass is 9.92. The molecule has 1 aliphatic rings. The fourth-order valence-corrected chi connectivity index (χ4v) is 2.63. The molecule has 0 radical (unpaired) electrons. The first-order chi connectivity index (χ1) is 7.87. The zero-order valence-electron chi connectivity index (χ0n) is 12.6. The van der Waals surface area contributed by atoms with Gasteiger partial charge in [-0.1, -0.05) is 13.8 Å². The van der Waals surface area contributed by atoms with Gasteiger partial charge in [-0.25, -0.2) is 0 Å². The molecule has 0 spiro atoms. The fourth-order valence-electron chi connectivity index (χ4n) is 2.63. The second-order valence-electron chi connectivity index (χ2n) is 7.10. The van der Waals surface area contributed by atoms with Crippen LogP contribution in [0, 0.1) is 11.8 Å². The van der Waals surface area contributed by atoms with E-state index in [0.29, 0.717) is 0 Å². The predicted octanol–water partition coefficient (Wildman–Crippen LogP) is 3.13. The van der Waals surface area contributed by atoms with Crippen LogP contribution in [0.3, 0.4) is 0 Å². The van der Waals surface area contributed by atoms with E-state index in [-0.39, 0.29) is 5.54 Å². The topological polar surface area (TPSA) is 15.3 Å². The monoisotopic (exact) mass is 240 g/mol. The molecule has 102 valence electrons. The van der Waals surface area contributed by atoms with E-state index in [1.54, 1.807) is 0 Å². The van der Waals surface area contributed by atoms with Crippen molar-refractivity contribution in [3.05, 3.63) is 0 Å². The molecular weight excluding hydrogens is 208 g/mol. The third-order valence-corrected chi connectivity index (χ3v) is 3.54. The summed E-state index contributed by atoms with van der Waals surface area (Å²) < 4.78 is 0. The quantitative estimate of drug-likeness (QED) is 0.794. The largest absolute Gasteiger partial charge is 0.312 e. The van der Waals surface area contributed by atoms with Gasteiger partial charge in [0.15, 0.2) is 0 Å². The van der Waals surface area contributed by atoms with Crippen LogP contribution in [-0.2, 0) is 0 Å². The lowest BCUT2D eigenvalue weighted by Crippen LogP contribution is -2.39. The number of nitrogens with one attached hydrogen (secondary N) is 1. The molecule has 1 heterocycles. The van der Waals surface area contributed by atoms with E-state index in [4.69, 9.17) is 0 Å². The first-order valence-corrected chi connectivity index (χ1v) is 7.34. The standard InChI is InChI=1S/C15H32N2/c1-13(2)12-17-10-7-14(8-11-17)6-9-16-15(3,4)5/h13-14,16H,6-12H2,1-5H3. The minimum Gasteiger partial charge on any atom is -0.312 e. The second kappa shape index (κ2) is 6.75. The van der Waals surface area contributed by atoms with Gasteiger partial charge in [0.05, 0.1) is 0 Å². The summed E-state index contributed by atoms with van der Waals surface area (Å²) in [6.45, 7) is 16.5. The summed E-state index contributed by atoms with van der Waals surface area (Å²) in [7, 11) is 0. The van der Waals surface area contributed by atoms with Gasteiger partial charge in [0.1, 0.15) is 0 Å². The van der Waals surface area contributed by atoms with Crippen molar-refractivity contribution in [1.29, 1.82) is 0 Å². The molecule has 0 bridgehead atoms. The van der Waals surface area contributed by atoms with Crippen LogP contribution >= 0.6 is 0 Å². The zero-order valence-corrected chi connectivity index (χ0v) is 12.6. The predicted molar refractivity (Wildman–Crippen MR) is 76.4 cm³/mol. The van der Waals surface area contributed by atoms with Gasteiger partial charge in [-0.15, -0.1) is 0 Å². The molecule has 1 rings (SSSR count). The van der Waals surface area contributed by atoms with Gasteiger partial charge in [0.25, 0.3) is 0 Å². The van der Waals surface area contributed by atoms with Crippen molar-refractivity contribution in [2.45, 2.75) is 59.4 Å². The molecule has 17 heavy (non-hydrogen) atoms. The molecule has 2 heteroatoms. The molecule has 0 aromatic carbocycles. The Balaban J connectivity index is 2.11. The molecule has 0 amide bonds. The van der Waals surface area contributed by atoms with Crippen LogP contribution in [-0.4, -0.2) is 36.6 Å². The fraction of sp³-hybridized carbons (Fsp3) is 1.00. The van der Waals surface area contributed by atoms with Gasteiger partial charge in [0, 0.05) is 12.1 Å². The highest BCUT2D eigenvalue weighted by atomic mass is 15.1. The van der Waals surface area contributed by atoms with Crippen molar-refractivity contribution in [2.24, 2.45) is 11.8 Å². The van der Waals surface area contributed by atoms with Crippen molar-refractivity contribution < 1.29 is 0 Å². The van der Waals surface area contributed by atoms with Gasteiger partial charge < -0.3 is 10.2 Å². The summed E-state index contributed by atoms with van der Waals surface area (Å²) in [4.78, 5) is 2.64. The first kappa shape index (κ1) is 15.0. The molecule has 1 aliphatic heterocycles. The molecule has 0 aromatic heterocycles. The molecule has 2 nitrogen and oxygen atoms in total. The van der Waals surface area contributed by atoms with Crippen molar-refractivity contribution in [3.63, 3.8) is 0 Å². The summed E-state index contributed by atoms with van der Waals surface area (Å²) >= 11 is 0. The molecule has 1 N–H and O–H groups in total. The van der Waals surface area contributed by atoms with Crippen LogP contribution < -0.4 is 5.32 Å². The van der Waals surface area contributed by atoms with Gasteiger partial charge >= 0.3 is 0 Å². The SMILES string of the molecule is CC(C)CN1CCC(CCNC(C)(C)C)CC1. The van der Waals surface area contributed by atoms with Crippen molar-refractivity contribution in [2.75, 3.05) is 26.2 Å². The van der Waals surface area contributed by atoms with Gasteiger partial charge in [-0.3, -0.25) is 0 Å². The highest BCUT2D eigenvalue weighted by Gasteiger charge is 2.19. The first-order valence-electron chi connectivity index (χ1n) is 7.34. The summed E-state index contributed by atoms with van der Waals surface area (Å²) in [5.74, 6) is 1.77. The van der Waals surface area contributed by atoms with Crippen molar-refractivity contribution in [3.8, 4) is 0 Å². The van der Waals surface area contributed by atoms with Gasteiger partial charge in [0.2, 0.25) is 0 Å². The lowest BCUT2D eigenvalue weighted by Gasteiger charge is -2.33. The van der Waals surface area contributed by atoms with Crippen LogP contribution in [0.2, 0.25) is 0 Å². The Morgan fingerprint density at radius 1 is 1.18 bits per heavy atom. The van der Waals surface area contributed by atoms with Gasteiger partial charge in [-0.05, 0) is 71.5 Å². The Morgan fingerprint density at radius 3 is 2.24 bits per heavy atom. The number of likely N-dealkylation sites (tertiary alicyclic amines) is 1. The molecule has 1 saturated heterocycles. The number of hydrogen-bond donors (Lipinski definition) is 1. The minimum atomic E-state index is 0.276. The van der Waals surface area contributed by atoms with Crippen molar-refractivity contribution in [1.82, 2.24) is 10.2 Å². The van der Waals surface area contributed by atoms with E-state index >= 15 is 0 Å². The maximum absolute atomic E-state index is 3.60. The van der Waals surface area contributed by atoms with Gasteiger partial charge in [-0.2, -0.15) is 0 Å². The molecule has 0 atom stereocenters. The van der Waals surface area contributed by atoms with Crippen LogP contribution in [0.1, 0.15) is 53.9 Å². The minimum absolute atomic E-state index is 0.276. The highest BCUT2D eigenvalue weighted by Crippen LogP contribution is 2.20. The highest BCUT2D eigenvalue weighted by molar-refractivity contribution is 4.76. The second-order valence-corrected chi connectivity index (χ2v) is 7.10. The average molecular weight is 240 g/mol. The molecule has 1 fully saturated rings. The van der Waals surface area contributed by atoms with E-state index in [1.807, 2.05) is 0 Å². The molecule has 0 aliphatic carbocycles. The van der Waals surface area contributed by atoms with E-state index < -0.39 is 0 Å². The molecular formula is C15H32N2. The summed E-state index contributed by atoms with van der Waals surface area (Å²) in [6.07, 6.45) is 4.16. The average Bonchev–Trinajstić information content (AvgIpc) is 2.18. The third kappa shape index (κ3) is 7.05. The maximum atomic E-state index is 3.60. The van der Waals surface area contributed by atoms with E-state index in [1.165, 1.54) is 45.4 Å². The lowest BCUT2D eigenvalue weighted by molar-refractivity contribution is 0.162.